The van der Waals surface area contributed by atoms with E-state index in [4.69, 9.17) is 4.74 Å². The van der Waals surface area contributed by atoms with Crippen LogP contribution in [0, 0.1) is 17.8 Å². The van der Waals surface area contributed by atoms with Gasteiger partial charge in [0.15, 0.2) is 0 Å². The summed E-state index contributed by atoms with van der Waals surface area (Å²) in [6, 6.07) is 6.31. The van der Waals surface area contributed by atoms with Crippen LogP contribution in [-0.4, -0.2) is 7.11 Å². The summed E-state index contributed by atoms with van der Waals surface area (Å²) in [6.45, 7) is 9.16. The van der Waals surface area contributed by atoms with Gasteiger partial charge in [-0.3, -0.25) is 0 Å². The highest BCUT2D eigenvalue weighted by Gasteiger charge is 2.27. The summed E-state index contributed by atoms with van der Waals surface area (Å²) >= 11 is 7.43. The van der Waals surface area contributed by atoms with Crippen molar-refractivity contribution >= 4 is 31.9 Å². The Labute approximate surface area is 128 Å². The van der Waals surface area contributed by atoms with Gasteiger partial charge in [0.1, 0.15) is 5.75 Å². The fourth-order valence-corrected chi connectivity index (χ4v) is 4.59. The standard InChI is InChI=1S/C15H22Br2O/c1-9(2)14(10(3)4)15(17)11-6-7-13(18-5)12(16)8-11/h6-10,14-15H,1-5H3. The van der Waals surface area contributed by atoms with Gasteiger partial charge in [-0.25, -0.2) is 0 Å². The van der Waals surface area contributed by atoms with E-state index in [9.17, 15) is 0 Å². The molecule has 1 aromatic rings. The molecule has 0 amide bonds. The van der Waals surface area contributed by atoms with Crippen molar-refractivity contribution in [2.45, 2.75) is 32.5 Å². The molecule has 0 aliphatic carbocycles. The third-order valence-corrected chi connectivity index (χ3v) is 5.13. The summed E-state index contributed by atoms with van der Waals surface area (Å²) in [5, 5.41) is 0. The van der Waals surface area contributed by atoms with Gasteiger partial charge in [0, 0.05) is 4.83 Å². The maximum atomic E-state index is 5.27. The van der Waals surface area contributed by atoms with Gasteiger partial charge in [-0.2, -0.15) is 0 Å². The normalized spacial score (nSPS) is 13.4. The van der Waals surface area contributed by atoms with Gasteiger partial charge in [-0.05, 0) is 51.4 Å². The molecule has 0 aliphatic rings. The van der Waals surface area contributed by atoms with Crippen LogP contribution in [0.2, 0.25) is 0 Å². The van der Waals surface area contributed by atoms with Gasteiger partial charge in [0.2, 0.25) is 0 Å². The molecule has 0 saturated carbocycles. The molecule has 102 valence electrons. The van der Waals surface area contributed by atoms with Crippen LogP contribution < -0.4 is 4.74 Å². The Balaban J connectivity index is 3.02. The quantitative estimate of drug-likeness (QED) is 0.587. The molecule has 0 aromatic heterocycles. The topological polar surface area (TPSA) is 9.23 Å². The van der Waals surface area contributed by atoms with Crippen LogP contribution in [0.25, 0.3) is 0 Å². The molecule has 0 bridgehead atoms. The highest BCUT2D eigenvalue weighted by atomic mass is 79.9. The minimum absolute atomic E-state index is 0.375. The van der Waals surface area contributed by atoms with Gasteiger partial charge < -0.3 is 4.74 Å². The lowest BCUT2D eigenvalue weighted by atomic mass is 9.81. The van der Waals surface area contributed by atoms with E-state index < -0.39 is 0 Å². The number of rotatable bonds is 5. The van der Waals surface area contributed by atoms with Crippen molar-refractivity contribution in [1.82, 2.24) is 0 Å². The van der Waals surface area contributed by atoms with Gasteiger partial charge >= 0.3 is 0 Å². The first-order valence-corrected chi connectivity index (χ1v) is 8.06. The van der Waals surface area contributed by atoms with Crippen molar-refractivity contribution in [2.75, 3.05) is 7.11 Å². The molecule has 0 fully saturated rings. The van der Waals surface area contributed by atoms with E-state index in [-0.39, 0.29) is 0 Å². The first-order valence-electron chi connectivity index (χ1n) is 6.36. The minimum atomic E-state index is 0.375. The highest BCUT2D eigenvalue weighted by molar-refractivity contribution is 9.10. The largest absolute Gasteiger partial charge is 0.496 e. The molecule has 0 N–H and O–H groups in total. The van der Waals surface area contributed by atoms with Gasteiger partial charge in [-0.15, -0.1) is 0 Å². The Kier molecular flexibility index (Phi) is 6.19. The average Bonchev–Trinajstić information content (AvgIpc) is 2.27. The first kappa shape index (κ1) is 16.0. The molecular weight excluding hydrogens is 356 g/mol. The zero-order valence-electron chi connectivity index (χ0n) is 11.7. The molecule has 3 heteroatoms. The predicted molar refractivity (Wildman–Crippen MR) is 85.5 cm³/mol. The van der Waals surface area contributed by atoms with Crippen LogP contribution in [0.3, 0.4) is 0 Å². The van der Waals surface area contributed by atoms with E-state index in [2.05, 4.69) is 71.7 Å². The number of ether oxygens (including phenoxy) is 1. The number of hydrogen-bond donors (Lipinski definition) is 0. The number of alkyl halides is 1. The Morgan fingerprint density at radius 2 is 1.61 bits per heavy atom. The Morgan fingerprint density at radius 3 is 2.00 bits per heavy atom. The lowest BCUT2D eigenvalue weighted by molar-refractivity contribution is 0.284. The molecule has 18 heavy (non-hydrogen) atoms. The summed E-state index contributed by atoms with van der Waals surface area (Å²) in [5.74, 6) is 2.79. The minimum Gasteiger partial charge on any atom is -0.496 e. The van der Waals surface area contributed by atoms with Crippen LogP contribution in [0.5, 0.6) is 5.75 Å². The molecule has 0 heterocycles. The third kappa shape index (κ3) is 3.74. The zero-order valence-corrected chi connectivity index (χ0v) is 14.9. The lowest BCUT2D eigenvalue weighted by Crippen LogP contribution is -2.20. The van der Waals surface area contributed by atoms with Crippen molar-refractivity contribution in [3.05, 3.63) is 28.2 Å². The second-order valence-electron chi connectivity index (χ2n) is 5.36. The molecule has 0 aliphatic heterocycles. The van der Waals surface area contributed by atoms with Gasteiger partial charge in [0.25, 0.3) is 0 Å². The van der Waals surface area contributed by atoms with Crippen molar-refractivity contribution < 1.29 is 4.74 Å². The maximum Gasteiger partial charge on any atom is 0.133 e. The van der Waals surface area contributed by atoms with Crippen molar-refractivity contribution in [2.24, 2.45) is 17.8 Å². The number of hydrogen-bond acceptors (Lipinski definition) is 1. The first-order chi connectivity index (χ1) is 8.38. The fourth-order valence-electron chi connectivity index (χ4n) is 2.52. The molecular formula is C15H22Br2O. The van der Waals surface area contributed by atoms with E-state index in [0.29, 0.717) is 22.6 Å². The van der Waals surface area contributed by atoms with E-state index >= 15 is 0 Å². The van der Waals surface area contributed by atoms with Gasteiger partial charge in [-0.1, -0.05) is 49.7 Å². The van der Waals surface area contributed by atoms with Crippen LogP contribution in [0.1, 0.15) is 38.1 Å². The maximum absolute atomic E-state index is 5.27. The molecule has 0 radical (unpaired) electrons. The molecule has 0 saturated heterocycles. The Bertz CT molecular complexity index is 380. The van der Waals surface area contributed by atoms with Gasteiger partial charge in [0.05, 0.1) is 11.6 Å². The molecule has 1 unspecified atom stereocenters. The zero-order chi connectivity index (χ0) is 13.9. The molecule has 1 nitrogen and oxygen atoms in total. The molecule has 0 spiro atoms. The predicted octanol–water partition coefficient (Wildman–Crippen LogP) is 5.82. The summed E-state index contributed by atoms with van der Waals surface area (Å²) in [4.78, 5) is 0.375. The monoisotopic (exact) mass is 376 g/mol. The summed E-state index contributed by atoms with van der Waals surface area (Å²) in [6.07, 6.45) is 0. The SMILES string of the molecule is COc1ccc(C(Br)C(C(C)C)C(C)C)cc1Br. The number of benzene rings is 1. The van der Waals surface area contributed by atoms with Crippen LogP contribution in [0.15, 0.2) is 22.7 Å². The Hall–Kier alpha value is -0.0200. The van der Waals surface area contributed by atoms with Crippen LogP contribution in [-0.2, 0) is 0 Å². The number of methoxy groups -OCH3 is 1. The van der Waals surface area contributed by atoms with E-state index in [1.54, 1.807) is 7.11 Å². The van der Waals surface area contributed by atoms with E-state index in [0.717, 1.165) is 10.2 Å². The fraction of sp³-hybridized carbons (Fsp3) is 0.600. The van der Waals surface area contributed by atoms with Crippen LogP contribution in [0.4, 0.5) is 0 Å². The Morgan fingerprint density at radius 1 is 1.06 bits per heavy atom. The molecule has 1 atom stereocenters. The van der Waals surface area contributed by atoms with Crippen molar-refractivity contribution in [3.8, 4) is 5.75 Å². The summed E-state index contributed by atoms with van der Waals surface area (Å²) in [5.41, 5.74) is 1.30. The van der Waals surface area contributed by atoms with Crippen molar-refractivity contribution in [1.29, 1.82) is 0 Å². The average molecular weight is 378 g/mol. The summed E-state index contributed by atoms with van der Waals surface area (Å²) < 4.78 is 6.29. The summed E-state index contributed by atoms with van der Waals surface area (Å²) in [7, 11) is 1.69. The molecule has 1 rings (SSSR count). The second kappa shape index (κ2) is 6.95. The molecule has 1 aromatic carbocycles. The second-order valence-corrected chi connectivity index (χ2v) is 7.20. The lowest BCUT2D eigenvalue weighted by Gasteiger charge is -2.30. The van der Waals surface area contributed by atoms with Crippen molar-refractivity contribution in [3.63, 3.8) is 0 Å². The number of halogens is 2. The van der Waals surface area contributed by atoms with E-state index in [1.807, 2.05) is 6.07 Å². The van der Waals surface area contributed by atoms with Crippen LogP contribution >= 0.6 is 31.9 Å². The highest BCUT2D eigenvalue weighted by Crippen LogP contribution is 2.41. The third-order valence-electron chi connectivity index (χ3n) is 3.37. The van der Waals surface area contributed by atoms with E-state index in [1.165, 1.54) is 5.56 Å². The smallest absolute Gasteiger partial charge is 0.133 e.